The fourth-order valence-electron chi connectivity index (χ4n) is 3.30. The van der Waals surface area contributed by atoms with Crippen LogP contribution in [0.15, 0.2) is 35.3 Å². The maximum atomic E-state index is 12.6. The number of carbonyl (C=O) groups excluding carboxylic acids is 2. The van der Waals surface area contributed by atoms with E-state index in [0.717, 1.165) is 0 Å². The van der Waals surface area contributed by atoms with E-state index in [1.807, 2.05) is 0 Å². The summed E-state index contributed by atoms with van der Waals surface area (Å²) in [5.41, 5.74) is 11.9. The van der Waals surface area contributed by atoms with Crippen molar-refractivity contribution in [2.75, 3.05) is 37.4 Å². The minimum absolute atomic E-state index is 0.0489. The molecule has 2 heterocycles. The third-order valence-corrected chi connectivity index (χ3v) is 5.20. The fraction of sp³-hybridized carbons (Fsp3) is 0.348. The van der Waals surface area contributed by atoms with E-state index in [1.54, 1.807) is 12.1 Å². The monoisotopic (exact) mass is 527 g/mol. The van der Waals surface area contributed by atoms with Gasteiger partial charge in [-0.25, -0.2) is 14.8 Å². The maximum Gasteiger partial charge on any atom is 0.326 e. The van der Waals surface area contributed by atoms with Crippen LogP contribution in [0.5, 0.6) is 0 Å². The van der Waals surface area contributed by atoms with Crippen LogP contribution in [0, 0.1) is 0 Å². The number of hydrogen-bond acceptors (Lipinski definition) is 11. The number of H-pyrrole nitrogens is 1. The summed E-state index contributed by atoms with van der Waals surface area (Å²) < 4.78 is 5.15. The second kappa shape index (κ2) is 13.6. The van der Waals surface area contributed by atoms with Crippen molar-refractivity contribution < 1.29 is 24.2 Å². The molecular weight excluding hydrogens is 498 g/mol. The lowest BCUT2D eigenvalue weighted by molar-refractivity contribution is -0.139. The first kappa shape index (κ1) is 27.9. The lowest BCUT2D eigenvalue weighted by atomic mass is 10.1. The molecule has 15 nitrogen and oxygen atoms in total. The number of carboxylic acids is 1. The van der Waals surface area contributed by atoms with Gasteiger partial charge in [-0.05, 0) is 30.7 Å². The Kier molecular flexibility index (Phi) is 10.0. The molecule has 0 radical (unpaired) electrons. The van der Waals surface area contributed by atoms with Gasteiger partial charge in [0.05, 0.1) is 31.6 Å². The normalized spacial score (nSPS) is 11.6. The number of aromatic amines is 1. The average molecular weight is 528 g/mol. The molecule has 1 aromatic carbocycles. The van der Waals surface area contributed by atoms with E-state index in [2.05, 4.69) is 35.9 Å². The van der Waals surface area contributed by atoms with Crippen molar-refractivity contribution in [1.29, 1.82) is 0 Å². The molecule has 0 aliphatic rings. The molecule has 0 spiro atoms. The standard InChI is InChI=1S/C23H29N9O6/c24-7-9-38-10-8-26-17(33)6-5-16(22(36)37)30-20(34)13-1-3-14(4-2-13)27-11-15-12-28-19-18(29-15)21(35)32-23(25)31-19/h1-4,12,16,27H,5-11,24H2,(H,26,33)(H,30,34)(H,36,37)(H3,25,28,31,32,35)/t16-/m0/s1. The van der Waals surface area contributed by atoms with Crippen LogP contribution in [0.2, 0.25) is 0 Å². The predicted octanol–water partition coefficient (Wildman–Crippen LogP) is -1.04. The van der Waals surface area contributed by atoms with Gasteiger partial charge >= 0.3 is 5.97 Å². The zero-order chi connectivity index (χ0) is 27.5. The van der Waals surface area contributed by atoms with Gasteiger partial charge < -0.3 is 37.3 Å². The van der Waals surface area contributed by atoms with Gasteiger partial charge in [-0.2, -0.15) is 4.98 Å². The molecule has 0 aliphatic heterocycles. The number of nitrogen functional groups attached to an aromatic ring is 1. The van der Waals surface area contributed by atoms with Gasteiger partial charge in [0.1, 0.15) is 6.04 Å². The Morgan fingerprint density at radius 3 is 2.61 bits per heavy atom. The zero-order valence-electron chi connectivity index (χ0n) is 20.4. The van der Waals surface area contributed by atoms with Gasteiger partial charge in [-0.3, -0.25) is 19.4 Å². The van der Waals surface area contributed by atoms with Crippen LogP contribution in [0.4, 0.5) is 11.6 Å². The van der Waals surface area contributed by atoms with Crippen molar-refractivity contribution in [3.63, 3.8) is 0 Å². The van der Waals surface area contributed by atoms with E-state index in [9.17, 15) is 24.3 Å². The van der Waals surface area contributed by atoms with Crippen LogP contribution in [0.3, 0.4) is 0 Å². The van der Waals surface area contributed by atoms with E-state index >= 15 is 0 Å². The van der Waals surface area contributed by atoms with Gasteiger partial charge in [0.25, 0.3) is 11.5 Å². The van der Waals surface area contributed by atoms with Crippen LogP contribution in [0.25, 0.3) is 11.2 Å². The van der Waals surface area contributed by atoms with Gasteiger partial charge in [0, 0.05) is 30.8 Å². The Hall–Kier alpha value is -4.63. The molecular formula is C23H29N9O6. The molecule has 3 aromatic rings. The maximum absolute atomic E-state index is 12.6. The molecule has 0 saturated carbocycles. The second-order valence-electron chi connectivity index (χ2n) is 8.07. The molecule has 0 fully saturated rings. The predicted molar refractivity (Wildman–Crippen MR) is 137 cm³/mol. The number of rotatable bonds is 14. The Balaban J connectivity index is 1.50. The number of amides is 2. The van der Waals surface area contributed by atoms with Gasteiger partial charge in [-0.1, -0.05) is 0 Å². The quantitative estimate of drug-likeness (QED) is 0.124. The number of benzene rings is 1. The Morgan fingerprint density at radius 1 is 1.13 bits per heavy atom. The lowest BCUT2D eigenvalue weighted by Crippen LogP contribution is -2.41. The van der Waals surface area contributed by atoms with Gasteiger partial charge in [0.15, 0.2) is 11.2 Å². The number of anilines is 2. The highest BCUT2D eigenvalue weighted by atomic mass is 16.5. The Bertz CT molecular complexity index is 1330. The van der Waals surface area contributed by atoms with Crippen LogP contribution in [0.1, 0.15) is 28.9 Å². The molecule has 38 heavy (non-hydrogen) atoms. The summed E-state index contributed by atoms with van der Waals surface area (Å²) in [6.45, 7) is 1.58. The van der Waals surface area contributed by atoms with Crippen molar-refractivity contribution >= 4 is 40.6 Å². The van der Waals surface area contributed by atoms with Crippen LogP contribution >= 0.6 is 0 Å². The number of aromatic nitrogens is 4. The summed E-state index contributed by atoms with van der Waals surface area (Å²) in [6.07, 6.45) is 1.31. The summed E-state index contributed by atoms with van der Waals surface area (Å²) in [6, 6.07) is 5.07. The molecule has 0 bridgehead atoms. The third kappa shape index (κ3) is 8.21. The molecule has 0 unspecified atom stereocenters. The van der Waals surface area contributed by atoms with Crippen molar-refractivity contribution in [2.45, 2.75) is 25.4 Å². The molecule has 0 aliphatic carbocycles. The number of nitrogens with one attached hydrogen (secondary N) is 4. The first-order valence-corrected chi connectivity index (χ1v) is 11.7. The number of ether oxygens (including phenoxy) is 1. The average Bonchev–Trinajstić information content (AvgIpc) is 2.89. The van der Waals surface area contributed by atoms with E-state index in [-0.39, 0.29) is 54.5 Å². The molecule has 0 saturated heterocycles. The summed E-state index contributed by atoms with van der Waals surface area (Å²) in [4.78, 5) is 62.7. The second-order valence-corrected chi connectivity index (χ2v) is 8.07. The molecule has 2 amide bonds. The SMILES string of the molecule is NCCOCCNC(=O)CC[C@H](NC(=O)c1ccc(NCc2cnc3nc(N)[nH]c(=O)c3n2)cc1)C(=O)O. The minimum atomic E-state index is -1.25. The number of carboxylic acid groups (broad SMARTS) is 1. The first-order valence-electron chi connectivity index (χ1n) is 11.7. The third-order valence-electron chi connectivity index (χ3n) is 5.20. The number of carbonyl (C=O) groups is 3. The van der Waals surface area contributed by atoms with E-state index in [4.69, 9.17) is 16.2 Å². The van der Waals surface area contributed by atoms with Crippen LogP contribution < -0.4 is 33.0 Å². The highest BCUT2D eigenvalue weighted by Crippen LogP contribution is 2.12. The van der Waals surface area contributed by atoms with Crippen molar-refractivity contribution in [1.82, 2.24) is 30.6 Å². The van der Waals surface area contributed by atoms with E-state index in [0.29, 0.717) is 31.1 Å². The number of nitrogens with two attached hydrogens (primary N) is 2. The zero-order valence-corrected chi connectivity index (χ0v) is 20.4. The first-order chi connectivity index (χ1) is 18.3. The highest BCUT2D eigenvalue weighted by Gasteiger charge is 2.21. The summed E-state index contributed by atoms with van der Waals surface area (Å²) >= 11 is 0. The van der Waals surface area contributed by atoms with Crippen molar-refractivity contribution in [3.8, 4) is 0 Å². The van der Waals surface area contributed by atoms with Crippen molar-refractivity contribution in [3.05, 3.63) is 52.1 Å². The molecule has 3 rings (SSSR count). The summed E-state index contributed by atoms with van der Waals surface area (Å²) in [5.74, 6) is -2.24. The molecule has 2 aromatic heterocycles. The Morgan fingerprint density at radius 2 is 1.89 bits per heavy atom. The molecule has 15 heteroatoms. The largest absolute Gasteiger partial charge is 0.480 e. The molecule has 9 N–H and O–H groups in total. The van der Waals surface area contributed by atoms with E-state index < -0.39 is 23.5 Å². The lowest BCUT2D eigenvalue weighted by Gasteiger charge is -2.15. The fourth-order valence-corrected chi connectivity index (χ4v) is 3.30. The molecule has 1 atom stereocenters. The highest BCUT2D eigenvalue weighted by molar-refractivity contribution is 5.97. The van der Waals surface area contributed by atoms with Crippen LogP contribution in [-0.2, 0) is 20.9 Å². The number of nitrogens with zero attached hydrogens (tertiary/aromatic N) is 3. The topological polar surface area (TPSA) is 240 Å². The van der Waals surface area contributed by atoms with E-state index in [1.165, 1.54) is 18.3 Å². The number of hydrogen-bond donors (Lipinski definition) is 7. The Labute approximate surface area is 216 Å². The smallest absolute Gasteiger partial charge is 0.326 e. The van der Waals surface area contributed by atoms with Gasteiger partial charge in [-0.15, -0.1) is 0 Å². The summed E-state index contributed by atoms with van der Waals surface area (Å²) in [7, 11) is 0. The number of aliphatic carboxylic acids is 1. The summed E-state index contributed by atoms with van der Waals surface area (Å²) in [5, 5.41) is 17.6. The van der Waals surface area contributed by atoms with Crippen LogP contribution in [-0.4, -0.2) is 75.2 Å². The minimum Gasteiger partial charge on any atom is -0.480 e. The van der Waals surface area contributed by atoms with Crippen molar-refractivity contribution in [2.24, 2.45) is 5.73 Å². The van der Waals surface area contributed by atoms with Gasteiger partial charge in [0.2, 0.25) is 11.9 Å². The molecule has 202 valence electrons. The number of fused-ring (bicyclic) bond motifs is 1.